The maximum absolute atomic E-state index is 8.36. The number of aromatic nitrogens is 2. The highest BCUT2D eigenvalue weighted by molar-refractivity contribution is 5.76. The summed E-state index contributed by atoms with van der Waals surface area (Å²) in [6, 6.07) is 11.9. The summed E-state index contributed by atoms with van der Waals surface area (Å²) in [5.41, 5.74) is 2.84. The number of nitrogens with zero attached hydrogens (tertiary/aromatic N) is 2. The Morgan fingerprint density at radius 1 is 1.24 bits per heavy atom. The summed E-state index contributed by atoms with van der Waals surface area (Å²) in [5, 5.41) is 6.89. The molecule has 0 amide bonds. The molecule has 1 aliphatic rings. The molecule has 1 aliphatic heterocycles. The number of ether oxygens (including phenoxy) is 3. The molecule has 3 heterocycles. The highest BCUT2D eigenvalue weighted by atomic mass is 16.5. The van der Waals surface area contributed by atoms with Crippen LogP contribution in [0.3, 0.4) is 0 Å². The first-order valence-corrected chi connectivity index (χ1v) is 9.17. The van der Waals surface area contributed by atoms with Crippen molar-refractivity contribution in [3.63, 3.8) is 0 Å². The fourth-order valence-corrected chi connectivity index (χ4v) is 3.47. The zero-order valence-corrected chi connectivity index (χ0v) is 16.4. The van der Waals surface area contributed by atoms with E-state index in [1.54, 1.807) is 20.5 Å². The van der Waals surface area contributed by atoms with E-state index in [1.165, 1.54) is 0 Å². The lowest BCUT2D eigenvalue weighted by molar-refractivity contribution is -0.122. The molecule has 8 nitrogen and oxygen atoms in total. The van der Waals surface area contributed by atoms with E-state index in [1.807, 2.05) is 42.7 Å². The summed E-state index contributed by atoms with van der Waals surface area (Å²) in [7, 11) is 3.38. The van der Waals surface area contributed by atoms with Crippen molar-refractivity contribution in [2.24, 2.45) is 0 Å². The molecular formula is C21H24N2O6. The van der Waals surface area contributed by atoms with Crippen molar-refractivity contribution in [2.45, 2.75) is 18.6 Å². The molecule has 29 heavy (non-hydrogen) atoms. The Kier molecular flexibility index (Phi) is 7.04. The van der Waals surface area contributed by atoms with Gasteiger partial charge in [0.05, 0.1) is 38.0 Å². The lowest BCUT2D eigenvalue weighted by atomic mass is 10.0. The van der Waals surface area contributed by atoms with Gasteiger partial charge in [-0.05, 0) is 42.8 Å². The summed E-state index contributed by atoms with van der Waals surface area (Å²) in [4.78, 5) is 13.1. The molecule has 4 rings (SSSR count). The number of rotatable bonds is 5. The third-order valence-electron chi connectivity index (χ3n) is 4.84. The van der Waals surface area contributed by atoms with Crippen LogP contribution < -0.4 is 4.74 Å². The zero-order valence-electron chi connectivity index (χ0n) is 16.4. The lowest BCUT2D eigenvalue weighted by Crippen LogP contribution is -2.35. The van der Waals surface area contributed by atoms with Crippen molar-refractivity contribution < 1.29 is 28.5 Å². The van der Waals surface area contributed by atoms with Gasteiger partial charge >= 0.3 is 0 Å². The Morgan fingerprint density at radius 2 is 2.00 bits per heavy atom. The summed E-state index contributed by atoms with van der Waals surface area (Å²) in [6.45, 7) is 1.03. The van der Waals surface area contributed by atoms with Crippen LogP contribution in [-0.2, 0) is 14.3 Å². The van der Waals surface area contributed by atoms with E-state index in [-0.39, 0.29) is 18.6 Å². The molecule has 1 saturated heterocycles. The van der Waals surface area contributed by atoms with Crippen molar-refractivity contribution in [1.29, 1.82) is 0 Å². The molecule has 2 atom stereocenters. The second-order valence-corrected chi connectivity index (χ2v) is 6.37. The van der Waals surface area contributed by atoms with Crippen molar-refractivity contribution in [1.82, 2.24) is 9.55 Å². The summed E-state index contributed by atoms with van der Waals surface area (Å²) >= 11 is 0. The van der Waals surface area contributed by atoms with Crippen molar-refractivity contribution in [3.8, 4) is 28.5 Å². The number of methoxy groups -OCH3 is 2. The largest absolute Gasteiger partial charge is 0.497 e. The van der Waals surface area contributed by atoms with Gasteiger partial charge in [0.2, 0.25) is 0 Å². The SMILES string of the molecule is COc1ccc(-c2ncn([C@H]3CCOC[C@@H]3OC)c2-c2ccco2)cc1.O=CO. The average molecular weight is 400 g/mol. The van der Waals surface area contributed by atoms with Crippen LogP contribution in [0.15, 0.2) is 53.4 Å². The van der Waals surface area contributed by atoms with Gasteiger partial charge in [0.1, 0.15) is 17.5 Å². The molecule has 1 fully saturated rings. The van der Waals surface area contributed by atoms with Crippen LogP contribution in [0.1, 0.15) is 12.5 Å². The Balaban J connectivity index is 0.000000755. The van der Waals surface area contributed by atoms with Crippen LogP contribution in [0.5, 0.6) is 5.75 Å². The highest BCUT2D eigenvalue weighted by Crippen LogP contribution is 2.37. The van der Waals surface area contributed by atoms with Gasteiger partial charge in [-0.25, -0.2) is 4.98 Å². The van der Waals surface area contributed by atoms with Gasteiger partial charge < -0.3 is 28.3 Å². The molecule has 1 N–H and O–H groups in total. The molecule has 8 heteroatoms. The predicted molar refractivity (Wildman–Crippen MR) is 106 cm³/mol. The van der Waals surface area contributed by atoms with Crippen molar-refractivity contribution in [2.75, 3.05) is 27.4 Å². The molecule has 2 aromatic heterocycles. The minimum Gasteiger partial charge on any atom is -0.497 e. The molecule has 1 aromatic carbocycles. The smallest absolute Gasteiger partial charge is 0.290 e. The second-order valence-electron chi connectivity index (χ2n) is 6.37. The number of hydrogen-bond donors (Lipinski definition) is 1. The Labute approximate surface area is 168 Å². The standard InChI is InChI=1S/C20H22N2O4.CH2O2/c1-23-15-7-5-14(6-8-15)19-20(17-4-3-10-26-17)22(13-21-19)16-9-11-25-12-18(16)24-2;2-1-3/h3-8,10,13,16,18H,9,11-12H2,1-2H3;1H,(H,2,3)/t16-,18-;/m0./s1. The first-order chi connectivity index (χ1) is 14.2. The molecular weight excluding hydrogens is 376 g/mol. The van der Waals surface area contributed by atoms with Crippen LogP contribution in [0.25, 0.3) is 22.7 Å². The maximum atomic E-state index is 8.36. The van der Waals surface area contributed by atoms with Crippen molar-refractivity contribution >= 4 is 6.47 Å². The van der Waals surface area contributed by atoms with E-state index in [0.717, 1.165) is 34.9 Å². The van der Waals surface area contributed by atoms with Crippen LogP contribution in [-0.4, -0.2) is 54.7 Å². The first-order valence-electron chi connectivity index (χ1n) is 9.17. The van der Waals surface area contributed by atoms with E-state index in [2.05, 4.69) is 4.57 Å². The lowest BCUT2D eigenvalue weighted by Gasteiger charge is -2.32. The third-order valence-corrected chi connectivity index (χ3v) is 4.84. The van der Waals surface area contributed by atoms with Gasteiger partial charge in [0, 0.05) is 19.3 Å². The number of furan rings is 1. The summed E-state index contributed by atoms with van der Waals surface area (Å²) in [6.07, 6.45) is 4.40. The number of benzene rings is 1. The van der Waals surface area contributed by atoms with Gasteiger partial charge in [0.15, 0.2) is 5.76 Å². The van der Waals surface area contributed by atoms with Crippen molar-refractivity contribution in [3.05, 3.63) is 49.0 Å². The highest BCUT2D eigenvalue weighted by Gasteiger charge is 2.31. The second kappa shape index (κ2) is 9.90. The zero-order chi connectivity index (χ0) is 20.6. The topological polar surface area (TPSA) is 96.0 Å². The number of imidazole rings is 1. The van der Waals surface area contributed by atoms with E-state index < -0.39 is 0 Å². The quantitative estimate of drug-likeness (QED) is 0.655. The van der Waals surface area contributed by atoms with Gasteiger partial charge in [0.25, 0.3) is 6.47 Å². The van der Waals surface area contributed by atoms with Crippen LogP contribution in [0.4, 0.5) is 0 Å². The Hall–Kier alpha value is -3.10. The normalized spacial score (nSPS) is 18.6. The molecule has 3 aromatic rings. The van der Waals surface area contributed by atoms with E-state index in [9.17, 15) is 0 Å². The van der Waals surface area contributed by atoms with E-state index >= 15 is 0 Å². The third kappa shape index (κ3) is 4.49. The van der Waals surface area contributed by atoms with Gasteiger partial charge in [-0.2, -0.15) is 0 Å². The van der Waals surface area contributed by atoms with Gasteiger partial charge in [-0.3, -0.25) is 4.79 Å². The van der Waals surface area contributed by atoms with Crippen LogP contribution in [0.2, 0.25) is 0 Å². The molecule has 0 spiro atoms. The van der Waals surface area contributed by atoms with Crippen LogP contribution in [0, 0.1) is 0 Å². The number of carbonyl (C=O) groups is 1. The average Bonchev–Trinajstić information content (AvgIpc) is 3.44. The Morgan fingerprint density at radius 3 is 2.62 bits per heavy atom. The molecule has 0 radical (unpaired) electrons. The van der Waals surface area contributed by atoms with E-state index in [4.69, 9.17) is 33.5 Å². The fourth-order valence-electron chi connectivity index (χ4n) is 3.47. The summed E-state index contributed by atoms with van der Waals surface area (Å²) in [5.74, 6) is 1.60. The minimum atomic E-state index is -0.250. The van der Waals surface area contributed by atoms with E-state index in [0.29, 0.717) is 13.2 Å². The minimum absolute atomic E-state index is 0.0182. The first kappa shape index (κ1) is 20.6. The fraction of sp³-hybridized carbons (Fsp3) is 0.333. The Bertz CT molecular complexity index is 889. The molecule has 0 bridgehead atoms. The van der Waals surface area contributed by atoms with Gasteiger partial charge in [-0.15, -0.1) is 0 Å². The number of carboxylic acid groups (broad SMARTS) is 1. The summed E-state index contributed by atoms with van der Waals surface area (Å²) < 4.78 is 24.4. The number of hydrogen-bond acceptors (Lipinski definition) is 6. The predicted octanol–water partition coefficient (Wildman–Crippen LogP) is 3.50. The maximum Gasteiger partial charge on any atom is 0.290 e. The van der Waals surface area contributed by atoms with Crippen LogP contribution >= 0.6 is 0 Å². The monoisotopic (exact) mass is 400 g/mol. The molecule has 0 aliphatic carbocycles. The molecule has 0 saturated carbocycles. The molecule has 0 unspecified atom stereocenters. The van der Waals surface area contributed by atoms with Gasteiger partial charge in [-0.1, -0.05) is 0 Å². The molecule has 154 valence electrons.